The van der Waals surface area contributed by atoms with Crippen molar-refractivity contribution < 1.29 is 9.47 Å². The molecule has 0 aromatic carbocycles. The van der Waals surface area contributed by atoms with Crippen LogP contribution in [-0.4, -0.2) is 43.8 Å². The van der Waals surface area contributed by atoms with Crippen LogP contribution in [0.4, 0.5) is 0 Å². The first-order valence-electron chi connectivity index (χ1n) is 5.86. The van der Waals surface area contributed by atoms with Gasteiger partial charge < -0.3 is 9.47 Å². The summed E-state index contributed by atoms with van der Waals surface area (Å²) in [5.41, 5.74) is 0. The fourth-order valence-corrected chi connectivity index (χ4v) is 2.18. The summed E-state index contributed by atoms with van der Waals surface area (Å²) in [6, 6.07) is 0.452. The monoisotopic (exact) mass is 212 g/mol. The summed E-state index contributed by atoms with van der Waals surface area (Å²) in [5, 5.41) is 6.73. The number of hydrogen-bond acceptors (Lipinski definition) is 4. The number of methoxy groups -OCH3 is 1. The van der Waals surface area contributed by atoms with Crippen molar-refractivity contribution in [1.29, 1.82) is 0 Å². The molecule has 0 spiro atoms. The van der Waals surface area contributed by atoms with E-state index >= 15 is 0 Å². The molecule has 2 fully saturated rings. The van der Waals surface area contributed by atoms with Gasteiger partial charge in [-0.3, -0.25) is 5.01 Å². The number of hydrazone groups is 1. The third-order valence-corrected chi connectivity index (χ3v) is 3.00. The lowest BCUT2D eigenvalue weighted by Crippen LogP contribution is -2.30. The summed E-state index contributed by atoms with van der Waals surface area (Å²) >= 11 is 0. The fraction of sp³-hybridized carbons (Fsp3) is 0.909. The lowest BCUT2D eigenvalue weighted by molar-refractivity contribution is 0.113. The summed E-state index contributed by atoms with van der Waals surface area (Å²) in [5.74, 6) is 0.921. The minimum atomic E-state index is 0.452. The lowest BCUT2D eigenvalue weighted by atomic mass is 10.2. The Bertz CT molecular complexity index is 223. The van der Waals surface area contributed by atoms with Crippen LogP contribution in [-0.2, 0) is 9.47 Å². The minimum absolute atomic E-state index is 0.452. The van der Waals surface area contributed by atoms with E-state index in [-0.39, 0.29) is 0 Å². The van der Waals surface area contributed by atoms with Crippen LogP contribution >= 0.6 is 0 Å². The number of rotatable bonds is 3. The minimum Gasteiger partial charge on any atom is -0.480 e. The van der Waals surface area contributed by atoms with Crippen LogP contribution in [0.1, 0.15) is 32.1 Å². The first kappa shape index (κ1) is 10.7. The molecule has 0 aromatic rings. The Kier molecular flexibility index (Phi) is 3.83. The molecule has 15 heavy (non-hydrogen) atoms. The molecule has 2 saturated heterocycles. The maximum atomic E-state index is 5.53. The van der Waals surface area contributed by atoms with Gasteiger partial charge >= 0.3 is 0 Å². The topological polar surface area (TPSA) is 34.1 Å². The van der Waals surface area contributed by atoms with E-state index in [9.17, 15) is 0 Å². The molecule has 2 aliphatic rings. The zero-order chi connectivity index (χ0) is 10.5. The molecule has 0 aliphatic carbocycles. The summed E-state index contributed by atoms with van der Waals surface area (Å²) in [7, 11) is 1.75. The highest BCUT2D eigenvalue weighted by Gasteiger charge is 2.24. The van der Waals surface area contributed by atoms with Gasteiger partial charge in [0.05, 0.1) is 19.3 Å². The van der Waals surface area contributed by atoms with Gasteiger partial charge in [-0.05, 0) is 25.7 Å². The molecule has 0 amide bonds. The van der Waals surface area contributed by atoms with Crippen molar-refractivity contribution in [2.45, 2.75) is 38.1 Å². The van der Waals surface area contributed by atoms with E-state index in [1.54, 1.807) is 7.11 Å². The van der Waals surface area contributed by atoms with E-state index < -0.39 is 0 Å². The van der Waals surface area contributed by atoms with Crippen LogP contribution in [0.15, 0.2) is 5.10 Å². The SMILES string of the molecule is COC[C@@H]1CCCN1/N=C1\CCCCO1. The molecular formula is C11H20N2O2. The first-order valence-corrected chi connectivity index (χ1v) is 5.86. The molecular weight excluding hydrogens is 192 g/mol. The van der Waals surface area contributed by atoms with Gasteiger partial charge in [0.25, 0.3) is 0 Å². The Balaban J connectivity index is 1.90. The molecule has 0 bridgehead atoms. The lowest BCUT2D eigenvalue weighted by Gasteiger charge is -2.23. The third kappa shape index (κ3) is 2.84. The Labute approximate surface area is 91.2 Å². The molecule has 0 saturated carbocycles. The van der Waals surface area contributed by atoms with E-state index in [1.165, 1.54) is 25.7 Å². The van der Waals surface area contributed by atoms with E-state index in [2.05, 4.69) is 10.1 Å². The summed E-state index contributed by atoms with van der Waals surface area (Å²) in [6.45, 7) is 2.65. The fourth-order valence-electron chi connectivity index (χ4n) is 2.18. The third-order valence-electron chi connectivity index (χ3n) is 3.00. The second-order valence-corrected chi connectivity index (χ2v) is 4.21. The van der Waals surface area contributed by atoms with Crippen LogP contribution < -0.4 is 0 Å². The van der Waals surface area contributed by atoms with E-state index in [1.807, 2.05) is 0 Å². The van der Waals surface area contributed by atoms with Crippen LogP contribution in [0.25, 0.3) is 0 Å². The van der Waals surface area contributed by atoms with Gasteiger partial charge in [0.15, 0.2) is 0 Å². The van der Waals surface area contributed by atoms with Gasteiger partial charge in [-0.25, -0.2) is 0 Å². The zero-order valence-electron chi connectivity index (χ0n) is 9.45. The second kappa shape index (κ2) is 5.35. The summed E-state index contributed by atoms with van der Waals surface area (Å²) in [6.07, 6.45) is 5.77. The predicted molar refractivity (Wildman–Crippen MR) is 58.8 cm³/mol. The molecule has 0 radical (unpaired) electrons. The maximum absolute atomic E-state index is 5.53. The van der Waals surface area contributed by atoms with Crippen molar-refractivity contribution >= 4 is 5.90 Å². The molecule has 4 nitrogen and oxygen atoms in total. The smallest absolute Gasteiger partial charge is 0.205 e. The molecule has 0 N–H and O–H groups in total. The van der Waals surface area contributed by atoms with Crippen LogP contribution in [0.2, 0.25) is 0 Å². The molecule has 2 heterocycles. The first-order chi connectivity index (χ1) is 7.40. The predicted octanol–water partition coefficient (Wildman–Crippen LogP) is 1.61. The quantitative estimate of drug-likeness (QED) is 0.712. The molecule has 1 atom stereocenters. The van der Waals surface area contributed by atoms with Crippen LogP contribution in [0, 0.1) is 0 Å². The zero-order valence-corrected chi connectivity index (χ0v) is 9.45. The van der Waals surface area contributed by atoms with Gasteiger partial charge in [-0.1, -0.05) is 0 Å². The molecule has 0 aromatic heterocycles. The molecule has 86 valence electrons. The Morgan fingerprint density at radius 3 is 3.13 bits per heavy atom. The maximum Gasteiger partial charge on any atom is 0.205 e. The van der Waals surface area contributed by atoms with Crippen molar-refractivity contribution in [2.24, 2.45) is 5.10 Å². The summed E-state index contributed by atoms with van der Waals surface area (Å²) in [4.78, 5) is 0. The second-order valence-electron chi connectivity index (χ2n) is 4.21. The highest BCUT2D eigenvalue weighted by Crippen LogP contribution is 2.19. The van der Waals surface area contributed by atoms with Gasteiger partial charge in [0.2, 0.25) is 5.90 Å². The number of nitrogens with zero attached hydrogens (tertiary/aromatic N) is 2. The van der Waals surface area contributed by atoms with Gasteiger partial charge in [0.1, 0.15) is 0 Å². The molecule has 0 unspecified atom stereocenters. The van der Waals surface area contributed by atoms with Crippen LogP contribution in [0.5, 0.6) is 0 Å². The van der Waals surface area contributed by atoms with Crippen molar-refractivity contribution in [3.8, 4) is 0 Å². The average Bonchev–Trinajstić information content (AvgIpc) is 2.68. The van der Waals surface area contributed by atoms with E-state index in [0.717, 1.165) is 32.1 Å². The highest BCUT2D eigenvalue weighted by atomic mass is 16.5. The Hall–Kier alpha value is -0.770. The van der Waals surface area contributed by atoms with Gasteiger partial charge in [-0.15, -0.1) is 5.10 Å². The van der Waals surface area contributed by atoms with Gasteiger partial charge in [-0.2, -0.15) is 0 Å². The number of ether oxygens (including phenoxy) is 2. The normalized spacial score (nSPS) is 29.5. The largest absolute Gasteiger partial charge is 0.480 e. The Morgan fingerprint density at radius 2 is 2.40 bits per heavy atom. The Morgan fingerprint density at radius 1 is 1.47 bits per heavy atom. The van der Waals surface area contributed by atoms with Gasteiger partial charge in [0, 0.05) is 20.1 Å². The van der Waals surface area contributed by atoms with Crippen molar-refractivity contribution in [3.05, 3.63) is 0 Å². The molecule has 4 heteroatoms. The number of hydrogen-bond donors (Lipinski definition) is 0. The highest BCUT2D eigenvalue weighted by molar-refractivity contribution is 5.76. The standard InChI is InChI=1S/C11H20N2O2/c1-14-9-10-5-4-7-13(10)12-11-6-2-3-8-15-11/h10H,2-9H2,1H3/b12-11+/t10-/m0/s1. The van der Waals surface area contributed by atoms with Crippen molar-refractivity contribution in [2.75, 3.05) is 26.9 Å². The average molecular weight is 212 g/mol. The van der Waals surface area contributed by atoms with Crippen LogP contribution in [0.3, 0.4) is 0 Å². The molecule has 2 aliphatic heterocycles. The van der Waals surface area contributed by atoms with Crippen molar-refractivity contribution in [1.82, 2.24) is 5.01 Å². The van der Waals surface area contributed by atoms with E-state index in [4.69, 9.17) is 9.47 Å². The molecule has 2 rings (SSSR count). The summed E-state index contributed by atoms with van der Waals surface area (Å²) < 4.78 is 10.7. The van der Waals surface area contributed by atoms with Crippen molar-refractivity contribution in [3.63, 3.8) is 0 Å². The van der Waals surface area contributed by atoms with E-state index in [0.29, 0.717) is 6.04 Å².